The van der Waals surface area contributed by atoms with E-state index in [4.69, 9.17) is 4.74 Å². The molecule has 0 bridgehead atoms. The summed E-state index contributed by atoms with van der Waals surface area (Å²) in [6, 6.07) is 2.06. The third kappa shape index (κ3) is 1.20. The second-order valence-corrected chi connectivity index (χ2v) is 2.86. The van der Waals surface area contributed by atoms with Gasteiger partial charge in [-0.2, -0.15) is 0 Å². The number of fused-ring (bicyclic) bond motifs is 1. The first-order chi connectivity index (χ1) is 5.90. The lowest BCUT2D eigenvalue weighted by Gasteiger charge is -2.09. The fourth-order valence-corrected chi connectivity index (χ4v) is 1.39. The molecular formula is C10H11NO. The van der Waals surface area contributed by atoms with Crippen LogP contribution in [0.5, 0.6) is 5.75 Å². The number of aryl methyl sites for hydroxylation is 1. The zero-order valence-electron chi connectivity index (χ0n) is 7.08. The largest absolute Gasteiger partial charge is 0.495 e. The molecule has 2 heteroatoms. The Bertz CT molecular complexity index is 318. The highest BCUT2D eigenvalue weighted by Crippen LogP contribution is 2.20. The van der Waals surface area contributed by atoms with Crippen molar-refractivity contribution in [1.29, 1.82) is 0 Å². The highest BCUT2D eigenvalue weighted by atomic mass is 16.5. The molecule has 0 amide bonds. The van der Waals surface area contributed by atoms with Crippen LogP contribution in [0.3, 0.4) is 0 Å². The third-order valence-corrected chi connectivity index (χ3v) is 2.07. The third-order valence-electron chi connectivity index (χ3n) is 2.07. The van der Waals surface area contributed by atoms with Gasteiger partial charge in [0.15, 0.2) is 0 Å². The molecule has 1 aromatic rings. The van der Waals surface area contributed by atoms with Gasteiger partial charge in [0, 0.05) is 0 Å². The Balaban J connectivity index is 2.44. The fraction of sp³-hybridized carbons (Fsp3) is 0.300. The molecule has 0 atom stereocenters. The molecule has 0 unspecified atom stereocenters. The highest BCUT2D eigenvalue weighted by molar-refractivity contribution is 5.53. The quantitative estimate of drug-likeness (QED) is 0.629. The second kappa shape index (κ2) is 2.97. The van der Waals surface area contributed by atoms with Gasteiger partial charge in [-0.05, 0) is 30.5 Å². The number of rotatable bonds is 1. The van der Waals surface area contributed by atoms with Gasteiger partial charge in [-0.25, -0.2) is 0 Å². The van der Waals surface area contributed by atoms with Gasteiger partial charge in [-0.15, -0.1) is 0 Å². The first kappa shape index (κ1) is 7.35. The summed E-state index contributed by atoms with van der Waals surface area (Å²) < 4.78 is 5.09. The molecule has 0 saturated carbocycles. The summed E-state index contributed by atoms with van der Waals surface area (Å²) in [5.41, 5.74) is 2.37. The summed E-state index contributed by atoms with van der Waals surface area (Å²) in [4.78, 5) is 4.28. The van der Waals surface area contributed by atoms with Crippen LogP contribution >= 0.6 is 0 Å². The van der Waals surface area contributed by atoms with E-state index in [1.807, 2.05) is 0 Å². The van der Waals surface area contributed by atoms with Gasteiger partial charge in [0.1, 0.15) is 5.75 Å². The number of hydrogen-bond acceptors (Lipinski definition) is 2. The Morgan fingerprint density at radius 1 is 1.50 bits per heavy atom. The Hall–Kier alpha value is -1.31. The van der Waals surface area contributed by atoms with E-state index in [-0.39, 0.29) is 0 Å². The summed E-state index contributed by atoms with van der Waals surface area (Å²) in [5.74, 6) is 0.851. The van der Waals surface area contributed by atoms with Crippen LogP contribution in [0, 0.1) is 0 Å². The van der Waals surface area contributed by atoms with Gasteiger partial charge < -0.3 is 4.74 Å². The smallest absolute Gasteiger partial charge is 0.137 e. The van der Waals surface area contributed by atoms with Crippen molar-refractivity contribution in [1.82, 2.24) is 4.98 Å². The standard InChI is InChI=1S/C10H11NO/c1-12-9-6-8-4-2-3-5-10(8)11-7-9/h3,5-7H,2,4H2,1H3. The Morgan fingerprint density at radius 2 is 2.42 bits per heavy atom. The maximum absolute atomic E-state index is 5.09. The average molecular weight is 161 g/mol. The molecule has 12 heavy (non-hydrogen) atoms. The van der Waals surface area contributed by atoms with E-state index < -0.39 is 0 Å². The number of allylic oxidation sites excluding steroid dienone is 1. The molecule has 0 fully saturated rings. The molecule has 0 radical (unpaired) electrons. The lowest BCUT2D eigenvalue weighted by Crippen LogP contribution is -1.97. The van der Waals surface area contributed by atoms with Crippen LogP contribution in [0.1, 0.15) is 17.7 Å². The van der Waals surface area contributed by atoms with E-state index >= 15 is 0 Å². The van der Waals surface area contributed by atoms with Crippen LogP contribution in [0.4, 0.5) is 0 Å². The van der Waals surface area contributed by atoms with Crippen LogP contribution in [0.2, 0.25) is 0 Å². The minimum Gasteiger partial charge on any atom is -0.495 e. The van der Waals surface area contributed by atoms with Crippen molar-refractivity contribution in [2.75, 3.05) is 7.11 Å². The van der Waals surface area contributed by atoms with E-state index in [2.05, 4.69) is 23.2 Å². The van der Waals surface area contributed by atoms with Crippen LogP contribution in [-0.2, 0) is 6.42 Å². The first-order valence-corrected chi connectivity index (χ1v) is 4.09. The zero-order chi connectivity index (χ0) is 8.39. The van der Waals surface area contributed by atoms with Crippen LogP contribution in [0.25, 0.3) is 6.08 Å². The normalized spacial score (nSPS) is 14.1. The summed E-state index contributed by atoms with van der Waals surface area (Å²) in [5, 5.41) is 0. The predicted molar refractivity (Wildman–Crippen MR) is 48.1 cm³/mol. The molecule has 1 aliphatic rings. The van der Waals surface area contributed by atoms with Crippen molar-refractivity contribution in [2.45, 2.75) is 12.8 Å². The molecule has 0 aliphatic heterocycles. The van der Waals surface area contributed by atoms with Gasteiger partial charge >= 0.3 is 0 Å². The fourth-order valence-electron chi connectivity index (χ4n) is 1.39. The van der Waals surface area contributed by atoms with Crippen molar-refractivity contribution in [3.63, 3.8) is 0 Å². The van der Waals surface area contributed by atoms with Crippen molar-refractivity contribution in [2.24, 2.45) is 0 Å². The van der Waals surface area contributed by atoms with E-state index in [1.54, 1.807) is 13.3 Å². The molecule has 1 heterocycles. The minimum atomic E-state index is 0.851. The number of pyridine rings is 1. The Kier molecular flexibility index (Phi) is 1.82. The summed E-state index contributed by atoms with van der Waals surface area (Å²) >= 11 is 0. The number of methoxy groups -OCH3 is 1. The monoisotopic (exact) mass is 161 g/mol. The second-order valence-electron chi connectivity index (χ2n) is 2.86. The SMILES string of the molecule is COc1cnc2c(c1)CCC=C2. The van der Waals surface area contributed by atoms with Crippen molar-refractivity contribution in [3.05, 3.63) is 29.6 Å². The summed E-state index contributed by atoms with van der Waals surface area (Å²) in [7, 11) is 1.67. The number of nitrogens with zero attached hydrogens (tertiary/aromatic N) is 1. The molecule has 0 N–H and O–H groups in total. The van der Waals surface area contributed by atoms with Crippen molar-refractivity contribution >= 4 is 6.08 Å². The first-order valence-electron chi connectivity index (χ1n) is 4.09. The van der Waals surface area contributed by atoms with Crippen LogP contribution < -0.4 is 4.74 Å². The molecule has 1 aliphatic carbocycles. The van der Waals surface area contributed by atoms with Gasteiger partial charge in [-0.1, -0.05) is 6.08 Å². The molecule has 0 saturated heterocycles. The number of ether oxygens (including phenoxy) is 1. The van der Waals surface area contributed by atoms with E-state index in [0.29, 0.717) is 0 Å². The Labute approximate surface area is 71.9 Å². The number of hydrogen-bond donors (Lipinski definition) is 0. The van der Waals surface area contributed by atoms with Crippen molar-refractivity contribution < 1.29 is 4.74 Å². The maximum atomic E-state index is 5.09. The molecular weight excluding hydrogens is 150 g/mol. The predicted octanol–water partition coefficient (Wildman–Crippen LogP) is 2.05. The molecule has 2 rings (SSSR count). The summed E-state index contributed by atoms with van der Waals surface area (Å²) in [6.07, 6.45) is 8.17. The molecule has 62 valence electrons. The minimum absolute atomic E-state index is 0.851. The molecule has 0 spiro atoms. The number of aromatic nitrogens is 1. The molecule has 1 aromatic heterocycles. The van der Waals surface area contributed by atoms with E-state index in [0.717, 1.165) is 24.3 Å². The Morgan fingerprint density at radius 3 is 3.25 bits per heavy atom. The van der Waals surface area contributed by atoms with Crippen molar-refractivity contribution in [3.8, 4) is 5.75 Å². The van der Waals surface area contributed by atoms with E-state index in [9.17, 15) is 0 Å². The lowest BCUT2D eigenvalue weighted by atomic mass is 10.0. The summed E-state index contributed by atoms with van der Waals surface area (Å²) in [6.45, 7) is 0. The average Bonchev–Trinajstić information content (AvgIpc) is 2.17. The van der Waals surface area contributed by atoms with Gasteiger partial charge in [-0.3, -0.25) is 4.98 Å². The topological polar surface area (TPSA) is 22.1 Å². The molecule has 2 nitrogen and oxygen atoms in total. The van der Waals surface area contributed by atoms with E-state index in [1.165, 1.54) is 5.56 Å². The molecule has 0 aromatic carbocycles. The van der Waals surface area contributed by atoms with Crippen LogP contribution in [0.15, 0.2) is 18.3 Å². The zero-order valence-corrected chi connectivity index (χ0v) is 7.08. The van der Waals surface area contributed by atoms with Gasteiger partial charge in [0.05, 0.1) is 19.0 Å². The maximum Gasteiger partial charge on any atom is 0.137 e. The van der Waals surface area contributed by atoms with Gasteiger partial charge in [0.2, 0.25) is 0 Å². The van der Waals surface area contributed by atoms with Gasteiger partial charge in [0.25, 0.3) is 0 Å². The highest BCUT2D eigenvalue weighted by Gasteiger charge is 2.05. The lowest BCUT2D eigenvalue weighted by molar-refractivity contribution is 0.412. The van der Waals surface area contributed by atoms with Crippen LogP contribution in [-0.4, -0.2) is 12.1 Å².